The molecule has 21 heavy (non-hydrogen) atoms. The van der Waals surface area contributed by atoms with Crippen molar-refractivity contribution in [3.63, 3.8) is 0 Å². The van der Waals surface area contributed by atoms with Gasteiger partial charge in [-0.3, -0.25) is 4.79 Å². The molecule has 6 nitrogen and oxygen atoms in total. The first-order chi connectivity index (χ1) is 9.53. The summed E-state index contributed by atoms with van der Waals surface area (Å²) in [6, 6.07) is 0.0508. The lowest BCUT2D eigenvalue weighted by atomic mass is 10.1. The highest BCUT2D eigenvalue weighted by molar-refractivity contribution is 7.89. The molecule has 0 bridgehead atoms. The number of hydrogen-bond donors (Lipinski definition) is 2. The van der Waals surface area contributed by atoms with Crippen LogP contribution in [0.4, 0.5) is 0 Å². The maximum absolute atomic E-state index is 12.0. The summed E-state index contributed by atoms with van der Waals surface area (Å²) in [5.41, 5.74) is 0. The monoisotopic (exact) mass is 339 g/mol. The summed E-state index contributed by atoms with van der Waals surface area (Å²) < 4.78 is 25.5. The van der Waals surface area contributed by atoms with Crippen LogP contribution in [0.5, 0.6) is 0 Å². The van der Waals surface area contributed by atoms with Crippen molar-refractivity contribution in [2.45, 2.75) is 51.1 Å². The second-order valence-electron chi connectivity index (χ2n) is 5.65. The average molecular weight is 340 g/mol. The fourth-order valence-electron chi connectivity index (χ4n) is 2.88. The second-order valence-corrected chi connectivity index (χ2v) is 7.74. The minimum atomic E-state index is -3.09. The van der Waals surface area contributed by atoms with Crippen LogP contribution in [0, 0.1) is 0 Å². The van der Waals surface area contributed by atoms with Gasteiger partial charge in [0.1, 0.15) is 0 Å². The van der Waals surface area contributed by atoms with Crippen LogP contribution in [0.3, 0.4) is 0 Å². The van der Waals surface area contributed by atoms with E-state index in [1.165, 1.54) is 0 Å². The summed E-state index contributed by atoms with van der Waals surface area (Å²) in [4.78, 5) is 12.0. The standard InChI is InChI=1S/C13H25N3O3S.ClH/c1-2-10-20(18,19)16-8-5-11(6-9-16)15-13(17)12-4-3-7-14-12;/h11-12,14H,2-10H2,1H3,(H,15,17);1H. The third-order valence-electron chi connectivity index (χ3n) is 4.03. The predicted molar refractivity (Wildman–Crippen MR) is 85.1 cm³/mol. The van der Waals surface area contributed by atoms with E-state index in [9.17, 15) is 13.2 Å². The lowest BCUT2D eigenvalue weighted by Crippen LogP contribution is -2.50. The summed E-state index contributed by atoms with van der Waals surface area (Å²) in [7, 11) is -3.09. The Labute approximate surface area is 133 Å². The molecule has 2 rings (SSSR count). The van der Waals surface area contributed by atoms with Gasteiger partial charge in [0.25, 0.3) is 0 Å². The highest BCUT2D eigenvalue weighted by atomic mass is 35.5. The zero-order chi connectivity index (χ0) is 14.6. The summed E-state index contributed by atoms with van der Waals surface area (Å²) in [5.74, 6) is 0.285. The number of sulfonamides is 1. The Morgan fingerprint density at radius 1 is 1.29 bits per heavy atom. The van der Waals surface area contributed by atoms with Gasteiger partial charge in [-0.2, -0.15) is 0 Å². The molecule has 1 atom stereocenters. The number of carbonyl (C=O) groups is 1. The summed E-state index contributed by atoms with van der Waals surface area (Å²) >= 11 is 0. The maximum Gasteiger partial charge on any atom is 0.237 e. The lowest BCUT2D eigenvalue weighted by molar-refractivity contribution is -0.123. The Morgan fingerprint density at radius 3 is 2.48 bits per heavy atom. The predicted octanol–water partition coefficient (Wildman–Crippen LogP) is 0.481. The molecule has 2 N–H and O–H groups in total. The van der Waals surface area contributed by atoms with E-state index in [2.05, 4.69) is 10.6 Å². The zero-order valence-corrected chi connectivity index (χ0v) is 14.1. The molecular formula is C13H26ClN3O3S. The molecule has 0 radical (unpaired) electrons. The molecule has 2 aliphatic rings. The van der Waals surface area contributed by atoms with Crippen LogP contribution in [0.2, 0.25) is 0 Å². The fourth-order valence-corrected chi connectivity index (χ4v) is 4.42. The van der Waals surface area contributed by atoms with Crippen LogP contribution >= 0.6 is 12.4 Å². The third-order valence-corrected chi connectivity index (χ3v) is 6.11. The maximum atomic E-state index is 12.0. The van der Waals surface area contributed by atoms with Crippen molar-refractivity contribution >= 4 is 28.3 Å². The summed E-state index contributed by atoms with van der Waals surface area (Å²) in [6.07, 6.45) is 4.01. The number of rotatable bonds is 5. The van der Waals surface area contributed by atoms with E-state index in [4.69, 9.17) is 0 Å². The van der Waals surface area contributed by atoms with Gasteiger partial charge in [0.15, 0.2) is 0 Å². The van der Waals surface area contributed by atoms with E-state index in [1.54, 1.807) is 4.31 Å². The Kier molecular flexibility index (Phi) is 7.39. The van der Waals surface area contributed by atoms with Crippen LogP contribution in [0.15, 0.2) is 0 Å². The summed E-state index contributed by atoms with van der Waals surface area (Å²) in [5, 5.41) is 6.22. The molecule has 2 aliphatic heterocycles. The van der Waals surface area contributed by atoms with Crippen LogP contribution in [0.1, 0.15) is 39.0 Å². The molecule has 0 aromatic rings. The number of piperidine rings is 1. The van der Waals surface area contributed by atoms with Gasteiger partial charge in [-0.25, -0.2) is 12.7 Å². The van der Waals surface area contributed by atoms with Gasteiger partial charge in [0.05, 0.1) is 11.8 Å². The topological polar surface area (TPSA) is 78.5 Å². The molecule has 1 unspecified atom stereocenters. The second kappa shape index (κ2) is 8.31. The van der Waals surface area contributed by atoms with Crippen LogP contribution in [-0.4, -0.2) is 56.1 Å². The van der Waals surface area contributed by atoms with Gasteiger partial charge >= 0.3 is 0 Å². The Hall–Kier alpha value is -0.370. The van der Waals surface area contributed by atoms with Crippen molar-refractivity contribution < 1.29 is 13.2 Å². The molecule has 0 saturated carbocycles. The van der Waals surface area contributed by atoms with Crippen molar-refractivity contribution in [2.24, 2.45) is 0 Å². The Balaban J connectivity index is 0.00000220. The average Bonchev–Trinajstić information content (AvgIpc) is 2.93. The molecule has 124 valence electrons. The van der Waals surface area contributed by atoms with Crippen molar-refractivity contribution in [2.75, 3.05) is 25.4 Å². The largest absolute Gasteiger partial charge is 0.352 e. The SMILES string of the molecule is CCCS(=O)(=O)N1CCC(NC(=O)C2CCCN2)CC1.Cl. The number of nitrogens with zero attached hydrogens (tertiary/aromatic N) is 1. The summed E-state index contributed by atoms with van der Waals surface area (Å²) in [6.45, 7) is 3.82. The number of nitrogens with one attached hydrogen (secondary N) is 2. The molecule has 8 heteroatoms. The van der Waals surface area contributed by atoms with Gasteiger partial charge in [0.2, 0.25) is 15.9 Å². The minimum Gasteiger partial charge on any atom is -0.352 e. The van der Waals surface area contributed by atoms with Gasteiger partial charge in [-0.1, -0.05) is 6.92 Å². The van der Waals surface area contributed by atoms with Crippen molar-refractivity contribution in [3.05, 3.63) is 0 Å². The third kappa shape index (κ3) is 5.09. The molecular weight excluding hydrogens is 314 g/mol. The molecule has 0 aromatic carbocycles. The van der Waals surface area contributed by atoms with E-state index in [0.29, 0.717) is 32.4 Å². The Morgan fingerprint density at radius 2 is 1.95 bits per heavy atom. The first-order valence-electron chi connectivity index (χ1n) is 7.54. The molecule has 2 heterocycles. The van der Waals surface area contributed by atoms with Gasteiger partial charge in [-0.05, 0) is 38.6 Å². The molecule has 0 spiro atoms. The minimum absolute atomic E-state index is 0. The number of hydrogen-bond acceptors (Lipinski definition) is 4. The molecule has 1 amide bonds. The van der Waals surface area contributed by atoms with Crippen LogP contribution in [0.25, 0.3) is 0 Å². The quantitative estimate of drug-likeness (QED) is 0.763. The lowest BCUT2D eigenvalue weighted by Gasteiger charge is -2.32. The van der Waals surface area contributed by atoms with E-state index in [-0.39, 0.29) is 36.2 Å². The van der Waals surface area contributed by atoms with Crippen LogP contribution in [-0.2, 0) is 14.8 Å². The van der Waals surface area contributed by atoms with E-state index in [0.717, 1.165) is 19.4 Å². The normalized spacial score (nSPS) is 24.5. The fraction of sp³-hybridized carbons (Fsp3) is 0.923. The number of halogens is 1. The highest BCUT2D eigenvalue weighted by Gasteiger charge is 2.30. The Bertz CT molecular complexity index is 430. The van der Waals surface area contributed by atoms with Gasteiger partial charge in [-0.15, -0.1) is 12.4 Å². The molecule has 0 aromatic heterocycles. The molecule has 2 fully saturated rings. The van der Waals surface area contributed by atoms with Crippen LogP contribution < -0.4 is 10.6 Å². The highest BCUT2D eigenvalue weighted by Crippen LogP contribution is 2.16. The zero-order valence-electron chi connectivity index (χ0n) is 12.5. The van der Waals surface area contributed by atoms with E-state index in [1.807, 2.05) is 6.92 Å². The number of amides is 1. The van der Waals surface area contributed by atoms with Crippen molar-refractivity contribution in [1.29, 1.82) is 0 Å². The number of carbonyl (C=O) groups excluding carboxylic acids is 1. The first-order valence-corrected chi connectivity index (χ1v) is 9.15. The van der Waals surface area contributed by atoms with Crippen molar-refractivity contribution in [3.8, 4) is 0 Å². The first kappa shape index (κ1) is 18.7. The van der Waals surface area contributed by atoms with Crippen molar-refractivity contribution in [1.82, 2.24) is 14.9 Å². The smallest absolute Gasteiger partial charge is 0.237 e. The molecule has 2 saturated heterocycles. The molecule has 0 aliphatic carbocycles. The van der Waals surface area contributed by atoms with E-state index >= 15 is 0 Å². The van der Waals surface area contributed by atoms with Gasteiger partial charge < -0.3 is 10.6 Å². The van der Waals surface area contributed by atoms with E-state index < -0.39 is 10.0 Å². The van der Waals surface area contributed by atoms with Gasteiger partial charge in [0, 0.05) is 19.1 Å².